The summed E-state index contributed by atoms with van der Waals surface area (Å²) >= 11 is 0.741. The van der Waals surface area contributed by atoms with E-state index in [1.807, 2.05) is 6.92 Å². The van der Waals surface area contributed by atoms with E-state index in [2.05, 4.69) is 25.3 Å². The van der Waals surface area contributed by atoms with Gasteiger partial charge in [-0.15, -0.1) is 0 Å². The Kier molecular flexibility index (Phi) is 11.0. The Bertz CT molecular complexity index is 1690. The van der Waals surface area contributed by atoms with E-state index in [9.17, 15) is 28.2 Å². The summed E-state index contributed by atoms with van der Waals surface area (Å²) < 4.78 is 74.1. The predicted molar refractivity (Wildman–Crippen MR) is 169 cm³/mol. The van der Waals surface area contributed by atoms with Crippen molar-refractivity contribution in [1.82, 2.24) is 20.0 Å². The van der Waals surface area contributed by atoms with Gasteiger partial charge in [0, 0.05) is 47.9 Å². The van der Waals surface area contributed by atoms with Crippen LogP contribution in [0.25, 0.3) is 0 Å². The van der Waals surface area contributed by atoms with Gasteiger partial charge < -0.3 is 35.6 Å². The third kappa shape index (κ3) is 8.48. The van der Waals surface area contributed by atoms with E-state index in [0.29, 0.717) is 23.4 Å². The second-order valence-corrected chi connectivity index (χ2v) is 14.0. The SMILES string of the molecule is COc1ccc(CN(c2ncns2)S(=O)(=O)c2cc(F)c(NC[C@H](CC(NC(=O)O)C3(C)CC3)[C@@H](C)NC(=O)O)cc2F)c(OC)c1. The van der Waals surface area contributed by atoms with Gasteiger partial charge in [0.15, 0.2) is 0 Å². The van der Waals surface area contributed by atoms with E-state index < -0.39 is 56.7 Å². The topological polar surface area (TPSA) is 192 Å². The highest BCUT2D eigenvalue weighted by Gasteiger charge is 2.46. The Morgan fingerprint density at radius 3 is 2.36 bits per heavy atom. The molecule has 1 aliphatic rings. The van der Waals surface area contributed by atoms with Crippen molar-refractivity contribution in [1.29, 1.82) is 0 Å². The van der Waals surface area contributed by atoms with Gasteiger partial charge in [0.2, 0.25) is 5.13 Å². The summed E-state index contributed by atoms with van der Waals surface area (Å²) in [4.78, 5) is 25.9. The molecule has 5 N–H and O–H groups in total. The first-order chi connectivity index (χ1) is 22.2. The van der Waals surface area contributed by atoms with Crippen LogP contribution in [-0.4, -0.2) is 73.0 Å². The first-order valence-electron chi connectivity index (χ1n) is 14.4. The summed E-state index contributed by atoms with van der Waals surface area (Å²) in [6.07, 6.45) is 0.337. The molecule has 4 rings (SSSR count). The van der Waals surface area contributed by atoms with E-state index >= 15 is 8.78 Å². The molecular weight excluding hydrogens is 662 g/mol. The summed E-state index contributed by atoms with van der Waals surface area (Å²) in [6, 6.07) is 4.75. The zero-order valence-electron chi connectivity index (χ0n) is 26.0. The Balaban J connectivity index is 1.61. The molecule has 14 nitrogen and oxygen atoms in total. The van der Waals surface area contributed by atoms with Crippen LogP contribution in [0.5, 0.6) is 11.5 Å². The first kappa shape index (κ1) is 35.4. The molecule has 3 aromatic rings. The summed E-state index contributed by atoms with van der Waals surface area (Å²) in [7, 11) is -1.91. The van der Waals surface area contributed by atoms with E-state index in [-0.39, 0.29) is 41.5 Å². The standard InChI is InChI=1S/C29H36F2N6O8S2/c1-16(35-27(38)39)18(9-25(36-28(40)41)29(2)7-8-29)13-32-22-11-21(31)24(12-20(22)30)47(42,43)37(26-33-15-34-46-26)14-17-5-6-19(44-3)10-23(17)45-4/h5-6,10-12,15-16,18,25,32,35-36H,7-9,13-14H2,1-4H3,(H,38,39)(H,40,41)/t16-,18+,25?/m1/s1. The Morgan fingerprint density at radius 2 is 1.79 bits per heavy atom. The molecule has 0 spiro atoms. The molecule has 1 aromatic heterocycles. The van der Waals surface area contributed by atoms with Crippen LogP contribution in [0.1, 0.15) is 38.7 Å². The van der Waals surface area contributed by atoms with Crippen LogP contribution in [0, 0.1) is 23.0 Å². The van der Waals surface area contributed by atoms with Gasteiger partial charge in [-0.25, -0.2) is 36.1 Å². The minimum Gasteiger partial charge on any atom is -0.497 e. The molecule has 18 heteroatoms. The lowest BCUT2D eigenvalue weighted by Crippen LogP contribution is -2.47. The fourth-order valence-electron chi connectivity index (χ4n) is 5.18. The van der Waals surface area contributed by atoms with Gasteiger partial charge in [-0.3, -0.25) is 0 Å². The van der Waals surface area contributed by atoms with Gasteiger partial charge >= 0.3 is 12.2 Å². The number of benzene rings is 2. The van der Waals surface area contributed by atoms with Crippen LogP contribution >= 0.6 is 11.5 Å². The van der Waals surface area contributed by atoms with Gasteiger partial charge in [-0.1, -0.05) is 6.92 Å². The minimum absolute atomic E-state index is 0.0913. The third-order valence-electron chi connectivity index (χ3n) is 8.29. The number of carboxylic acid groups (broad SMARTS) is 2. The molecule has 3 atom stereocenters. The molecule has 1 heterocycles. The monoisotopic (exact) mass is 698 g/mol. The van der Waals surface area contributed by atoms with Crippen molar-refractivity contribution >= 4 is 44.6 Å². The van der Waals surface area contributed by atoms with Crippen LogP contribution in [0.2, 0.25) is 0 Å². The van der Waals surface area contributed by atoms with Gasteiger partial charge in [0.05, 0.1) is 26.5 Å². The second-order valence-electron chi connectivity index (χ2n) is 11.4. The number of ether oxygens (including phenoxy) is 2. The summed E-state index contributed by atoms with van der Waals surface area (Å²) in [6.45, 7) is 3.05. The number of hydrogen-bond acceptors (Lipinski definition) is 10. The lowest BCUT2D eigenvalue weighted by atomic mass is 9.85. The van der Waals surface area contributed by atoms with E-state index in [0.717, 1.165) is 35.0 Å². The number of rotatable bonds is 16. The molecule has 0 radical (unpaired) electrons. The van der Waals surface area contributed by atoms with Crippen LogP contribution in [0.15, 0.2) is 41.6 Å². The van der Waals surface area contributed by atoms with Crippen molar-refractivity contribution < 1.29 is 46.5 Å². The molecule has 0 aliphatic heterocycles. The Hall–Kier alpha value is -4.45. The highest BCUT2D eigenvalue weighted by atomic mass is 32.2. The van der Waals surface area contributed by atoms with Gasteiger partial charge in [-0.2, -0.15) is 4.37 Å². The molecule has 2 aromatic carbocycles. The normalized spacial score (nSPS) is 15.5. The lowest BCUT2D eigenvalue weighted by Gasteiger charge is -2.32. The highest BCUT2D eigenvalue weighted by Crippen LogP contribution is 2.50. The third-order valence-corrected chi connectivity index (χ3v) is 10.8. The summed E-state index contributed by atoms with van der Waals surface area (Å²) in [5.41, 5.74) is -0.299. The maximum absolute atomic E-state index is 15.6. The van der Waals surface area contributed by atoms with Crippen LogP contribution < -0.4 is 29.7 Å². The fraction of sp³-hybridized carbons (Fsp3) is 0.448. The quantitative estimate of drug-likeness (QED) is 0.139. The van der Waals surface area contributed by atoms with Crippen molar-refractivity contribution in [2.24, 2.45) is 11.3 Å². The number of halogens is 2. The molecule has 0 saturated heterocycles. The summed E-state index contributed by atoms with van der Waals surface area (Å²) in [5, 5.41) is 26.2. The number of sulfonamides is 1. The van der Waals surface area contributed by atoms with Gasteiger partial charge in [0.1, 0.15) is 34.4 Å². The molecule has 256 valence electrons. The molecule has 1 unspecified atom stereocenters. The number of nitrogens with one attached hydrogen (secondary N) is 3. The summed E-state index contributed by atoms with van der Waals surface area (Å²) in [5.74, 6) is -2.17. The van der Waals surface area contributed by atoms with Crippen LogP contribution in [0.4, 0.5) is 29.2 Å². The Morgan fingerprint density at radius 1 is 1.09 bits per heavy atom. The maximum atomic E-state index is 15.6. The molecule has 1 fully saturated rings. The van der Waals surface area contributed by atoms with Crippen molar-refractivity contribution in [2.45, 2.75) is 56.6 Å². The first-order valence-corrected chi connectivity index (χ1v) is 16.6. The van der Waals surface area contributed by atoms with Crippen molar-refractivity contribution in [2.75, 3.05) is 30.4 Å². The lowest BCUT2D eigenvalue weighted by molar-refractivity contribution is 0.170. The van der Waals surface area contributed by atoms with Gasteiger partial charge in [-0.05, 0) is 55.7 Å². The number of methoxy groups -OCH3 is 2. The average Bonchev–Trinajstić information content (AvgIpc) is 3.53. The largest absolute Gasteiger partial charge is 0.497 e. The van der Waals surface area contributed by atoms with Crippen molar-refractivity contribution in [3.8, 4) is 11.5 Å². The minimum atomic E-state index is -4.76. The highest BCUT2D eigenvalue weighted by molar-refractivity contribution is 7.93. The molecule has 47 heavy (non-hydrogen) atoms. The fourth-order valence-corrected chi connectivity index (χ4v) is 7.37. The average molecular weight is 699 g/mol. The van der Waals surface area contributed by atoms with E-state index in [4.69, 9.17) is 9.47 Å². The van der Waals surface area contributed by atoms with Crippen LogP contribution in [-0.2, 0) is 16.6 Å². The number of carbonyl (C=O) groups is 2. The molecule has 2 amide bonds. The zero-order valence-corrected chi connectivity index (χ0v) is 27.6. The number of nitrogens with zero attached hydrogens (tertiary/aromatic N) is 3. The predicted octanol–water partition coefficient (Wildman–Crippen LogP) is 4.74. The van der Waals surface area contributed by atoms with Crippen molar-refractivity contribution in [3.63, 3.8) is 0 Å². The molecule has 1 saturated carbocycles. The van der Waals surface area contributed by atoms with E-state index in [1.165, 1.54) is 14.2 Å². The molecular formula is C29H36F2N6O8S2. The smallest absolute Gasteiger partial charge is 0.404 e. The zero-order chi connectivity index (χ0) is 34.5. The number of hydrogen-bond donors (Lipinski definition) is 5. The number of amides is 2. The Labute approximate surface area is 274 Å². The molecule has 0 bridgehead atoms. The van der Waals surface area contributed by atoms with Crippen LogP contribution in [0.3, 0.4) is 0 Å². The van der Waals surface area contributed by atoms with Gasteiger partial charge in [0.25, 0.3) is 10.0 Å². The maximum Gasteiger partial charge on any atom is 0.404 e. The molecule has 1 aliphatic carbocycles. The van der Waals surface area contributed by atoms with E-state index in [1.54, 1.807) is 25.1 Å². The number of aromatic nitrogens is 2. The van der Waals surface area contributed by atoms with Crippen molar-refractivity contribution in [3.05, 3.63) is 53.9 Å². The number of anilines is 2. The second kappa shape index (κ2) is 14.5.